The second kappa shape index (κ2) is 7.43. The molecule has 1 amide bonds. The summed E-state index contributed by atoms with van der Waals surface area (Å²) >= 11 is 16.7. The zero-order valence-corrected chi connectivity index (χ0v) is 14.9. The third-order valence-corrected chi connectivity index (χ3v) is 3.24. The molecule has 5 nitrogen and oxygen atoms in total. The summed E-state index contributed by atoms with van der Waals surface area (Å²) in [5, 5.41) is 7.13. The van der Waals surface area contributed by atoms with Gasteiger partial charge in [0.1, 0.15) is 12.4 Å². The number of aromatic nitrogens is 2. The molecular weight excluding hydrogens is 361 g/mol. The highest BCUT2D eigenvalue weighted by Gasteiger charge is 2.23. The minimum Gasteiger partial charge on any atom is -0.445 e. The third-order valence-electron chi connectivity index (χ3n) is 2.92. The van der Waals surface area contributed by atoms with E-state index in [9.17, 15) is 4.79 Å². The third kappa shape index (κ3) is 5.30. The fourth-order valence-electron chi connectivity index (χ4n) is 1.82. The number of hydrogen-bond donors (Lipinski definition) is 1. The predicted molar refractivity (Wildman–Crippen MR) is 92.9 cm³/mol. The van der Waals surface area contributed by atoms with Crippen LogP contribution in [0.3, 0.4) is 0 Å². The number of benzene rings is 1. The lowest BCUT2D eigenvalue weighted by Gasteiger charge is -2.12. The molecule has 0 spiro atoms. The van der Waals surface area contributed by atoms with Gasteiger partial charge in [-0.2, -0.15) is 5.10 Å². The van der Waals surface area contributed by atoms with E-state index < -0.39 is 9.89 Å². The molecule has 23 heavy (non-hydrogen) atoms. The van der Waals surface area contributed by atoms with Crippen LogP contribution in [0.2, 0.25) is 0 Å². The number of alkyl halides is 3. The first kappa shape index (κ1) is 17.9. The Morgan fingerprint density at radius 1 is 1.30 bits per heavy atom. The van der Waals surface area contributed by atoms with E-state index in [1.54, 1.807) is 10.7 Å². The monoisotopic (exact) mass is 375 g/mol. The minimum absolute atomic E-state index is 0.206. The van der Waals surface area contributed by atoms with E-state index >= 15 is 0 Å². The highest BCUT2D eigenvalue weighted by molar-refractivity contribution is 6.67. The number of nitrogens with zero attached hydrogens (tertiary/aromatic N) is 2. The number of hydrogen-bond acceptors (Lipinski definition) is 3. The molecule has 0 aliphatic carbocycles. The molecule has 0 aliphatic heterocycles. The fourth-order valence-corrected chi connectivity index (χ4v) is 1.99. The van der Waals surface area contributed by atoms with Crippen molar-refractivity contribution in [3.05, 3.63) is 42.1 Å². The van der Waals surface area contributed by atoms with E-state index in [2.05, 4.69) is 10.4 Å². The number of rotatable bonds is 4. The van der Waals surface area contributed by atoms with Crippen molar-refractivity contribution in [2.45, 2.75) is 23.6 Å². The van der Waals surface area contributed by atoms with Gasteiger partial charge in [0.15, 0.2) is 0 Å². The molecule has 1 N–H and O–H groups in total. The molecule has 124 valence electrons. The van der Waals surface area contributed by atoms with Crippen molar-refractivity contribution in [2.75, 3.05) is 11.9 Å². The lowest BCUT2D eigenvalue weighted by Crippen LogP contribution is -2.22. The van der Waals surface area contributed by atoms with Gasteiger partial charge in [-0.3, -0.25) is 5.32 Å². The second-order valence-corrected chi connectivity index (χ2v) is 7.69. The van der Waals surface area contributed by atoms with Crippen LogP contribution in [0.15, 0.2) is 36.4 Å². The van der Waals surface area contributed by atoms with Gasteiger partial charge in [0.25, 0.3) is 0 Å². The van der Waals surface area contributed by atoms with Crippen molar-refractivity contribution >= 4 is 46.7 Å². The van der Waals surface area contributed by atoms with E-state index in [1.807, 2.05) is 44.2 Å². The van der Waals surface area contributed by atoms with Gasteiger partial charge >= 0.3 is 6.09 Å². The van der Waals surface area contributed by atoms with Crippen LogP contribution in [0.4, 0.5) is 10.6 Å². The van der Waals surface area contributed by atoms with Gasteiger partial charge < -0.3 is 4.74 Å². The Labute approximate surface area is 149 Å². The zero-order valence-electron chi connectivity index (χ0n) is 12.6. The van der Waals surface area contributed by atoms with E-state index in [0.29, 0.717) is 5.82 Å². The molecule has 0 unspecified atom stereocenters. The van der Waals surface area contributed by atoms with E-state index in [4.69, 9.17) is 39.5 Å². The lowest BCUT2D eigenvalue weighted by molar-refractivity contribution is 0.163. The largest absolute Gasteiger partial charge is 0.445 e. The molecule has 0 bridgehead atoms. The van der Waals surface area contributed by atoms with Gasteiger partial charge in [-0.25, -0.2) is 9.48 Å². The fraction of sp³-hybridized carbons (Fsp3) is 0.333. The van der Waals surface area contributed by atoms with Crippen molar-refractivity contribution in [3.8, 4) is 5.69 Å². The van der Waals surface area contributed by atoms with Crippen molar-refractivity contribution < 1.29 is 9.53 Å². The number of nitrogens with one attached hydrogen (secondary N) is 1. The molecule has 0 fully saturated rings. The van der Waals surface area contributed by atoms with Crippen molar-refractivity contribution in [3.63, 3.8) is 0 Å². The topological polar surface area (TPSA) is 56.1 Å². The lowest BCUT2D eigenvalue weighted by atomic mass is 10.1. The molecule has 0 atom stereocenters. The Hall–Kier alpha value is -1.43. The number of para-hydroxylation sites is 1. The van der Waals surface area contributed by atoms with Gasteiger partial charge in [-0.05, 0) is 18.1 Å². The molecule has 1 heterocycles. The van der Waals surface area contributed by atoms with Gasteiger partial charge in [0.05, 0.1) is 11.4 Å². The van der Waals surface area contributed by atoms with Gasteiger partial charge in [0.2, 0.25) is 3.79 Å². The quantitative estimate of drug-likeness (QED) is 0.771. The van der Waals surface area contributed by atoms with Crippen molar-refractivity contribution in [1.29, 1.82) is 0 Å². The summed E-state index contributed by atoms with van der Waals surface area (Å²) in [4.78, 5) is 11.9. The highest BCUT2D eigenvalue weighted by Crippen LogP contribution is 2.26. The van der Waals surface area contributed by atoms with Crippen LogP contribution in [0.5, 0.6) is 0 Å². The van der Waals surface area contributed by atoms with Gasteiger partial charge in [0, 0.05) is 6.07 Å². The molecule has 1 aromatic carbocycles. The van der Waals surface area contributed by atoms with Crippen LogP contribution in [0.1, 0.15) is 25.5 Å². The summed E-state index contributed by atoms with van der Waals surface area (Å²) in [6, 6.07) is 11.2. The SMILES string of the molecule is CC(C)c1cc(NC(=O)OCC(Cl)(Cl)Cl)n(-c2ccccc2)n1. The van der Waals surface area contributed by atoms with Crippen LogP contribution in [-0.4, -0.2) is 26.3 Å². The number of carbonyl (C=O) groups is 1. The molecular formula is C15H16Cl3N3O2. The summed E-state index contributed by atoms with van der Waals surface area (Å²) in [6.07, 6.45) is -0.719. The Balaban J connectivity index is 2.22. The van der Waals surface area contributed by atoms with Crippen LogP contribution < -0.4 is 5.32 Å². The Morgan fingerprint density at radius 2 is 1.96 bits per heavy atom. The Bertz CT molecular complexity index is 666. The number of anilines is 1. The molecule has 2 aromatic rings. The van der Waals surface area contributed by atoms with Crippen LogP contribution in [0, 0.1) is 0 Å². The maximum absolute atomic E-state index is 11.9. The smallest absolute Gasteiger partial charge is 0.412 e. The average molecular weight is 377 g/mol. The number of halogens is 3. The van der Waals surface area contributed by atoms with E-state index in [1.165, 1.54) is 0 Å². The first-order valence-electron chi connectivity index (χ1n) is 6.92. The predicted octanol–water partition coefficient (Wildman–Crippen LogP) is 4.91. The van der Waals surface area contributed by atoms with Crippen molar-refractivity contribution in [1.82, 2.24) is 9.78 Å². The van der Waals surface area contributed by atoms with E-state index in [-0.39, 0.29) is 12.5 Å². The van der Waals surface area contributed by atoms with Crippen LogP contribution >= 0.6 is 34.8 Å². The molecule has 1 aromatic heterocycles. The first-order valence-corrected chi connectivity index (χ1v) is 8.05. The van der Waals surface area contributed by atoms with Gasteiger partial charge in [-0.1, -0.05) is 66.8 Å². The normalized spacial score (nSPS) is 11.6. The molecule has 2 rings (SSSR count). The molecule has 0 saturated heterocycles. The Kier molecular flexibility index (Phi) is 5.79. The molecule has 8 heteroatoms. The number of amides is 1. The number of carbonyl (C=O) groups excluding carboxylic acids is 1. The molecule has 0 aliphatic rings. The summed E-state index contributed by atoms with van der Waals surface area (Å²) in [5.41, 5.74) is 1.65. The second-order valence-electron chi connectivity index (χ2n) is 5.17. The zero-order chi connectivity index (χ0) is 17.0. The Morgan fingerprint density at radius 3 is 2.52 bits per heavy atom. The maximum Gasteiger partial charge on any atom is 0.412 e. The summed E-state index contributed by atoms with van der Waals surface area (Å²) in [7, 11) is 0. The first-order chi connectivity index (χ1) is 10.8. The summed E-state index contributed by atoms with van der Waals surface area (Å²) < 4.78 is 4.86. The van der Waals surface area contributed by atoms with Crippen LogP contribution in [-0.2, 0) is 4.74 Å². The minimum atomic E-state index is -1.65. The van der Waals surface area contributed by atoms with Crippen LogP contribution in [0.25, 0.3) is 5.69 Å². The molecule has 0 radical (unpaired) electrons. The summed E-state index contributed by atoms with van der Waals surface area (Å²) in [6.45, 7) is 3.69. The average Bonchev–Trinajstić information content (AvgIpc) is 2.89. The van der Waals surface area contributed by atoms with E-state index in [0.717, 1.165) is 11.4 Å². The standard InChI is InChI=1S/C15H16Cl3N3O2/c1-10(2)12-8-13(19-14(22)23-9-15(16,17)18)21(20-12)11-6-4-3-5-7-11/h3-8,10H,9H2,1-2H3,(H,19,22). The maximum atomic E-state index is 11.9. The summed E-state index contributed by atoms with van der Waals surface area (Å²) in [5.74, 6) is 0.687. The number of ether oxygens (including phenoxy) is 1. The van der Waals surface area contributed by atoms with Crippen molar-refractivity contribution in [2.24, 2.45) is 0 Å². The highest BCUT2D eigenvalue weighted by atomic mass is 35.6. The molecule has 0 saturated carbocycles. The van der Waals surface area contributed by atoms with Gasteiger partial charge in [-0.15, -0.1) is 0 Å².